The van der Waals surface area contributed by atoms with Crippen molar-refractivity contribution in [3.8, 4) is 5.88 Å². The Morgan fingerprint density at radius 3 is 2.82 bits per heavy atom. The maximum Gasteiger partial charge on any atom is 0.410 e. The number of aromatic nitrogens is 2. The number of hydrogen-bond acceptors (Lipinski definition) is 5. The van der Waals surface area contributed by atoms with Gasteiger partial charge in [0.2, 0.25) is 5.88 Å². The zero-order valence-electron chi connectivity index (χ0n) is 13.2. The molecule has 0 radical (unpaired) electrons. The van der Waals surface area contributed by atoms with Crippen LogP contribution in [0.4, 0.5) is 4.79 Å². The fraction of sp³-hybridized carbons (Fsp3) is 0.667. The van der Waals surface area contributed by atoms with Gasteiger partial charge in [-0.25, -0.2) is 4.79 Å². The van der Waals surface area contributed by atoms with Crippen LogP contribution in [0.15, 0.2) is 12.1 Å². The lowest BCUT2D eigenvalue weighted by Crippen LogP contribution is -2.44. The number of amides is 1. The predicted molar refractivity (Wildman–Crippen MR) is 83.1 cm³/mol. The highest BCUT2D eigenvalue weighted by atomic mass is 35.5. The van der Waals surface area contributed by atoms with Crippen molar-refractivity contribution in [2.24, 2.45) is 5.92 Å². The van der Waals surface area contributed by atoms with Crippen molar-refractivity contribution < 1.29 is 14.3 Å². The van der Waals surface area contributed by atoms with E-state index >= 15 is 0 Å². The van der Waals surface area contributed by atoms with Gasteiger partial charge >= 0.3 is 6.09 Å². The second-order valence-electron chi connectivity index (χ2n) is 6.44. The highest BCUT2D eigenvalue weighted by Crippen LogP contribution is 2.20. The number of carbonyl (C=O) groups excluding carboxylic acids is 1. The lowest BCUT2D eigenvalue weighted by Gasteiger charge is -2.33. The van der Waals surface area contributed by atoms with E-state index in [4.69, 9.17) is 21.1 Å². The molecule has 0 spiro atoms. The van der Waals surface area contributed by atoms with Crippen LogP contribution in [-0.4, -0.2) is 46.5 Å². The van der Waals surface area contributed by atoms with Crippen molar-refractivity contribution in [3.05, 3.63) is 17.3 Å². The molecule has 0 bridgehead atoms. The van der Waals surface area contributed by atoms with E-state index in [-0.39, 0.29) is 12.0 Å². The van der Waals surface area contributed by atoms with Gasteiger partial charge < -0.3 is 14.4 Å². The highest BCUT2D eigenvalue weighted by Gasteiger charge is 2.27. The molecule has 0 aliphatic carbocycles. The third-order valence-corrected chi connectivity index (χ3v) is 3.45. The minimum Gasteiger partial charge on any atom is -0.476 e. The summed E-state index contributed by atoms with van der Waals surface area (Å²) in [6.45, 7) is 7.47. The van der Waals surface area contributed by atoms with Crippen LogP contribution < -0.4 is 4.74 Å². The zero-order chi connectivity index (χ0) is 16.2. The maximum absolute atomic E-state index is 12.1. The molecule has 1 amide bonds. The van der Waals surface area contributed by atoms with E-state index in [9.17, 15) is 4.79 Å². The van der Waals surface area contributed by atoms with Crippen LogP contribution in [-0.2, 0) is 4.74 Å². The van der Waals surface area contributed by atoms with Crippen molar-refractivity contribution in [1.29, 1.82) is 0 Å². The van der Waals surface area contributed by atoms with Gasteiger partial charge in [-0.15, -0.1) is 10.2 Å². The van der Waals surface area contributed by atoms with E-state index in [1.165, 1.54) is 0 Å². The molecular formula is C15H22ClN3O3. The normalized spacial score (nSPS) is 18.9. The Labute approximate surface area is 135 Å². The smallest absolute Gasteiger partial charge is 0.410 e. The Morgan fingerprint density at radius 1 is 1.41 bits per heavy atom. The molecule has 1 aliphatic rings. The molecule has 1 fully saturated rings. The largest absolute Gasteiger partial charge is 0.476 e. The minimum atomic E-state index is -0.473. The molecule has 0 aromatic carbocycles. The lowest BCUT2D eigenvalue weighted by atomic mass is 9.99. The molecule has 22 heavy (non-hydrogen) atoms. The summed E-state index contributed by atoms with van der Waals surface area (Å²) >= 11 is 5.68. The Hall–Kier alpha value is -1.56. The molecule has 6 nitrogen and oxygen atoms in total. The SMILES string of the molecule is CC(C)(C)OC(=O)N1CCC[C@@H](COc2ccc(Cl)nn2)C1. The quantitative estimate of drug-likeness (QED) is 0.853. The molecule has 1 aromatic rings. The topological polar surface area (TPSA) is 64.5 Å². The molecule has 0 saturated carbocycles. The van der Waals surface area contributed by atoms with Crippen LogP contribution in [0.3, 0.4) is 0 Å². The first kappa shape index (κ1) is 16.8. The van der Waals surface area contributed by atoms with Gasteiger partial charge in [0.05, 0.1) is 6.61 Å². The van der Waals surface area contributed by atoms with Gasteiger partial charge in [0, 0.05) is 25.1 Å². The number of piperidine rings is 1. The monoisotopic (exact) mass is 327 g/mol. The molecule has 1 saturated heterocycles. The van der Waals surface area contributed by atoms with E-state index in [1.807, 2.05) is 20.8 Å². The predicted octanol–water partition coefficient (Wildman–Crippen LogP) is 3.16. The summed E-state index contributed by atoms with van der Waals surface area (Å²) in [5.41, 5.74) is -0.473. The van der Waals surface area contributed by atoms with Crippen LogP contribution in [0.5, 0.6) is 5.88 Å². The molecule has 7 heteroatoms. The van der Waals surface area contributed by atoms with Gasteiger partial charge in [0.25, 0.3) is 0 Å². The second kappa shape index (κ2) is 7.13. The van der Waals surface area contributed by atoms with Gasteiger partial charge in [0.15, 0.2) is 5.15 Å². The average Bonchev–Trinajstić information content (AvgIpc) is 2.45. The van der Waals surface area contributed by atoms with E-state index in [0.717, 1.165) is 19.4 Å². The maximum atomic E-state index is 12.1. The van der Waals surface area contributed by atoms with Gasteiger partial charge in [-0.05, 0) is 39.7 Å². The molecule has 2 heterocycles. The van der Waals surface area contributed by atoms with Crippen LogP contribution in [0.25, 0.3) is 0 Å². The van der Waals surface area contributed by atoms with Crippen LogP contribution in [0.1, 0.15) is 33.6 Å². The summed E-state index contributed by atoms with van der Waals surface area (Å²) < 4.78 is 11.0. The summed E-state index contributed by atoms with van der Waals surface area (Å²) in [4.78, 5) is 13.8. The number of ether oxygens (including phenoxy) is 2. The summed E-state index contributed by atoms with van der Waals surface area (Å²) in [5, 5.41) is 7.92. The summed E-state index contributed by atoms with van der Waals surface area (Å²) in [6, 6.07) is 3.32. The van der Waals surface area contributed by atoms with Crippen molar-refractivity contribution in [2.75, 3.05) is 19.7 Å². The highest BCUT2D eigenvalue weighted by molar-refractivity contribution is 6.29. The minimum absolute atomic E-state index is 0.261. The first-order chi connectivity index (χ1) is 10.3. The van der Waals surface area contributed by atoms with E-state index in [0.29, 0.717) is 24.2 Å². The standard InChI is InChI=1S/C15H22ClN3O3/c1-15(2,3)22-14(20)19-8-4-5-11(9-19)10-21-13-7-6-12(16)17-18-13/h6-7,11H,4-5,8-10H2,1-3H3/t11-/m1/s1. The molecule has 2 rings (SSSR count). The Bertz CT molecular complexity index is 502. The summed E-state index contributed by atoms with van der Waals surface area (Å²) in [7, 11) is 0. The number of likely N-dealkylation sites (tertiary alicyclic amines) is 1. The molecule has 0 unspecified atom stereocenters. The number of nitrogens with zero attached hydrogens (tertiary/aromatic N) is 3. The van der Waals surface area contributed by atoms with E-state index in [2.05, 4.69) is 10.2 Å². The summed E-state index contributed by atoms with van der Waals surface area (Å²) in [6.07, 6.45) is 1.70. The number of halogens is 1. The Kier molecular flexibility index (Phi) is 5.45. The Morgan fingerprint density at radius 2 is 2.18 bits per heavy atom. The average molecular weight is 328 g/mol. The Balaban J connectivity index is 1.82. The van der Waals surface area contributed by atoms with Crippen LogP contribution in [0.2, 0.25) is 5.15 Å². The first-order valence-corrected chi connectivity index (χ1v) is 7.81. The van der Waals surface area contributed by atoms with Gasteiger partial charge in [-0.3, -0.25) is 0 Å². The molecule has 1 aromatic heterocycles. The second-order valence-corrected chi connectivity index (χ2v) is 6.83. The first-order valence-electron chi connectivity index (χ1n) is 7.43. The molecular weight excluding hydrogens is 306 g/mol. The van der Waals surface area contributed by atoms with E-state index < -0.39 is 5.60 Å². The molecule has 1 atom stereocenters. The van der Waals surface area contributed by atoms with Crippen LogP contribution >= 0.6 is 11.6 Å². The van der Waals surface area contributed by atoms with Gasteiger partial charge in [-0.1, -0.05) is 11.6 Å². The van der Waals surface area contributed by atoms with Crippen molar-refractivity contribution >= 4 is 17.7 Å². The number of rotatable bonds is 3. The number of carbonyl (C=O) groups is 1. The third kappa shape index (κ3) is 5.33. The van der Waals surface area contributed by atoms with Crippen molar-refractivity contribution in [3.63, 3.8) is 0 Å². The van der Waals surface area contributed by atoms with Gasteiger partial charge in [-0.2, -0.15) is 0 Å². The third-order valence-electron chi connectivity index (χ3n) is 3.25. The van der Waals surface area contributed by atoms with E-state index in [1.54, 1.807) is 17.0 Å². The molecule has 122 valence electrons. The molecule has 0 N–H and O–H groups in total. The number of hydrogen-bond donors (Lipinski definition) is 0. The van der Waals surface area contributed by atoms with Crippen molar-refractivity contribution in [2.45, 2.75) is 39.2 Å². The zero-order valence-corrected chi connectivity index (χ0v) is 14.0. The fourth-order valence-electron chi connectivity index (χ4n) is 2.28. The lowest BCUT2D eigenvalue weighted by molar-refractivity contribution is 0.0138. The van der Waals surface area contributed by atoms with Crippen molar-refractivity contribution in [1.82, 2.24) is 15.1 Å². The van der Waals surface area contributed by atoms with Gasteiger partial charge in [0.1, 0.15) is 5.60 Å². The van der Waals surface area contributed by atoms with Crippen LogP contribution in [0, 0.1) is 5.92 Å². The fourth-order valence-corrected chi connectivity index (χ4v) is 2.38. The molecule has 1 aliphatic heterocycles. The summed E-state index contributed by atoms with van der Waals surface area (Å²) in [5.74, 6) is 0.706.